The van der Waals surface area contributed by atoms with Crippen LogP contribution in [0.1, 0.15) is 19.8 Å². The number of nitrogens with two attached hydrogens (primary N) is 1. The van der Waals surface area contributed by atoms with Gasteiger partial charge in [-0.3, -0.25) is 0 Å². The minimum absolute atomic E-state index is 0.0435. The Balaban J connectivity index is 2.29. The summed E-state index contributed by atoms with van der Waals surface area (Å²) in [7, 11) is 0. The Morgan fingerprint density at radius 3 is 3.00 bits per heavy atom. The van der Waals surface area contributed by atoms with Gasteiger partial charge in [0.1, 0.15) is 0 Å². The minimum Gasteiger partial charge on any atom is -0.380 e. The third-order valence-corrected chi connectivity index (χ3v) is 2.18. The molecule has 1 rings (SSSR count). The van der Waals surface area contributed by atoms with Crippen LogP contribution in [0.25, 0.3) is 0 Å². The number of alkyl halides is 1. The molecule has 3 atom stereocenters. The Hall–Kier alpha value is -0.150. The predicted molar refractivity (Wildman–Crippen MR) is 42.1 cm³/mol. The smallest absolute Gasteiger partial charge is 0.0976 e. The maximum absolute atomic E-state index is 12.6. The van der Waals surface area contributed by atoms with Gasteiger partial charge < -0.3 is 10.5 Å². The largest absolute Gasteiger partial charge is 0.380 e. The van der Waals surface area contributed by atoms with E-state index in [1.54, 1.807) is 6.92 Å². The molecule has 0 aliphatic carbocycles. The Morgan fingerprint density at radius 1 is 1.73 bits per heavy atom. The van der Waals surface area contributed by atoms with E-state index in [0.717, 1.165) is 13.0 Å². The summed E-state index contributed by atoms with van der Waals surface area (Å²) in [4.78, 5) is 0. The molecule has 1 aliphatic rings. The van der Waals surface area contributed by atoms with Gasteiger partial charge in [0.2, 0.25) is 0 Å². The van der Waals surface area contributed by atoms with E-state index >= 15 is 0 Å². The predicted octanol–water partition coefficient (Wildman–Crippen LogP) is 1.10. The Bertz CT molecular complexity index is 119. The van der Waals surface area contributed by atoms with Crippen LogP contribution in [-0.4, -0.2) is 25.4 Å². The average Bonchev–Trinajstić information content (AvgIpc) is 1.93. The van der Waals surface area contributed by atoms with Gasteiger partial charge in [-0.25, -0.2) is 4.39 Å². The van der Waals surface area contributed by atoms with Crippen LogP contribution < -0.4 is 5.73 Å². The molecule has 2 nitrogen and oxygen atoms in total. The summed E-state index contributed by atoms with van der Waals surface area (Å²) in [6.45, 7) is 2.92. The van der Waals surface area contributed by atoms with Crippen LogP contribution in [0.2, 0.25) is 0 Å². The van der Waals surface area contributed by atoms with E-state index in [2.05, 4.69) is 0 Å². The van der Waals surface area contributed by atoms with E-state index in [1.807, 2.05) is 0 Å². The van der Waals surface area contributed by atoms with Crippen LogP contribution in [0.15, 0.2) is 0 Å². The Morgan fingerprint density at radius 2 is 2.45 bits per heavy atom. The van der Waals surface area contributed by atoms with Gasteiger partial charge in [0.25, 0.3) is 0 Å². The maximum atomic E-state index is 12.6. The van der Waals surface area contributed by atoms with Gasteiger partial charge in [-0.2, -0.15) is 0 Å². The van der Waals surface area contributed by atoms with Crippen LogP contribution in [-0.2, 0) is 4.74 Å². The van der Waals surface area contributed by atoms with Gasteiger partial charge in [0.05, 0.1) is 12.8 Å². The van der Waals surface area contributed by atoms with Gasteiger partial charge >= 0.3 is 0 Å². The van der Waals surface area contributed by atoms with E-state index in [1.165, 1.54) is 0 Å². The molecule has 3 heteroatoms. The molecule has 0 radical (unpaired) electrons. The SMILES string of the molecule is CC(F)CC1CCOCC1N. The van der Waals surface area contributed by atoms with Gasteiger partial charge in [0, 0.05) is 12.6 Å². The third kappa shape index (κ3) is 2.75. The van der Waals surface area contributed by atoms with Crippen molar-refractivity contribution < 1.29 is 9.13 Å². The second-order valence-corrected chi connectivity index (χ2v) is 3.30. The highest BCUT2D eigenvalue weighted by Gasteiger charge is 2.23. The van der Waals surface area contributed by atoms with E-state index < -0.39 is 6.17 Å². The number of halogens is 1. The van der Waals surface area contributed by atoms with Gasteiger partial charge in [-0.05, 0) is 25.7 Å². The molecule has 1 aliphatic heterocycles. The molecule has 66 valence electrons. The van der Waals surface area contributed by atoms with E-state index in [0.29, 0.717) is 18.9 Å². The first kappa shape index (κ1) is 8.94. The van der Waals surface area contributed by atoms with Crippen molar-refractivity contribution in [3.05, 3.63) is 0 Å². The lowest BCUT2D eigenvalue weighted by molar-refractivity contribution is 0.0396. The lowest BCUT2D eigenvalue weighted by Gasteiger charge is -2.28. The Labute approximate surface area is 66.9 Å². The molecule has 3 unspecified atom stereocenters. The van der Waals surface area contributed by atoms with Crippen molar-refractivity contribution in [2.75, 3.05) is 13.2 Å². The van der Waals surface area contributed by atoms with Gasteiger partial charge in [0.15, 0.2) is 0 Å². The van der Waals surface area contributed by atoms with Crippen LogP contribution in [0.5, 0.6) is 0 Å². The highest BCUT2D eigenvalue weighted by Crippen LogP contribution is 2.20. The standard InChI is InChI=1S/C8H16FNO/c1-6(9)4-7-2-3-11-5-8(7)10/h6-8H,2-5,10H2,1H3. The van der Waals surface area contributed by atoms with E-state index in [4.69, 9.17) is 10.5 Å². The summed E-state index contributed by atoms with van der Waals surface area (Å²) in [6, 6.07) is 0.0435. The second-order valence-electron chi connectivity index (χ2n) is 3.30. The number of rotatable bonds is 2. The molecule has 1 heterocycles. The fourth-order valence-electron chi connectivity index (χ4n) is 1.51. The summed E-state index contributed by atoms with van der Waals surface area (Å²) in [5.41, 5.74) is 5.74. The minimum atomic E-state index is -0.732. The highest BCUT2D eigenvalue weighted by molar-refractivity contribution is 4.77. The third-order valence-electron chi connectivity index (χ3n) is 2.18. The van der Waals surface area contributed by atoms with Gasteiger partial charge in [-0.15, -0.1) is 0 Å². The molecule has 0 aromatic rings. The number of ether oxygens (including phenoxy) is 1. The van der Waals surface area contributed by atoms with Crippen molar-refractivity contribution in [1.29, 1.82) is 0 Å². The van der Waals surface area contributed by atoms with Crippen LogP contribution in [0.3, 0.4) is 0 Å². The van der Waals surface area contributed by atoms with Crippen molar-refractivity contribution in [1.82, 2.24) is 0 Å². The molecule has 0 aromatic heterocycles. The molecular weight excluding hydrogens is 145 g/mol. The molecule has 0 saturated carbocycles. The first-order chi connectivity index (χ1) is 5.20. The lowest BCUT2D eigenvalue weighted by atomic mass is 9.91. The van der Waals surface area contributed by atoms with Crippen molar-refractivity contribution >= 4 is 0 Å². The summed E-state index contributed by atoms with van der Waals surface area (Å²) in [5, 5.41) is 0. The highest BCUT2D eigenvalue weighted by atomic mass is 19.1. The van der Waals surface area contributed by atoms with Crippen molar-refractivity contribution in [3.8, 4) is 0 Å². The normalized spacial score (nSPS) is 35.2. The molecule has 0 spiro atoms. The molecule has 0 amide bonds. The summed E-state index contributed by atoms with van der Waals surface area (Å²) in [6.07, 6.45) is 0.768. The zero-order chi connectivity index (χ0) is 8.27. The zero-order valence-electron chi connectivity index (χ0n) is 6.92. The molecule has 0 bridgehead atoms. The monoisotopic (exact) mass is 161 g/mol. The Kier molecular flexibility index (Phi) is 3.27. The molecule has 1 fully saturated rings. The van der Waals surface area contributed by atoms with Gasteiger partial charge in [-0.1, -0.05) is 0 Å². The number of hydrogen-bond acceptors (Lipinski definition) is 2. The summed E-state index contributed by atoms with van der Waals surface area (Å²) >= 11 is 0. The molecule has 1 saturated heterocycles. The quantitative estimate of drug-likeness (QED) is 0.658. The van der Waals surface area contributed by atoms with Crippen LogP contribution >= 0.6 is 0 Å². The first-order valence-corrected chi connectivity index (χ1v) is 4.17. The fraction of sp³-hybridized carbons (Fsp3) is 1.00. The van der Waals surface area contributed by atoms with Crippen molar-refractivity contribution in [2.45, 2.75) is 32.0 Å². The second kappa shape index (κ2) is 4.02. The van der Waals surface area contributed by atoms with E-state index in [9.17, 15) is 4.39 Å². The number of hydrogen-bond donors (Lipinski definition) is 1. The average molecular weight is 161 g/mol. The van der Waals surface area contributed by atoms with Crippen molar-refractivity contribution in [2.24, 2.45) is 11.7 Å². The van der Waals surface area contributed by atoms with Crippen LogP contribution in [0.4, 0.5) is 4.39 Å². The summed E-state index contributed by atoms with van der Waals surface area (Å²) < 4.78 is 17.7. The first-order valence-electron chi connectivity index (χ1n) is 4.17. The molecule has 0 aromatic carbocycles. The fourth-order valence-corrected chi connectivity index (χ4v) is 1.51. The molecule has 2 N–H and O–H groups in total. The zero-order valence-corrected chi connectivity index (χ0v) is 6.92. The summed E-state index contributed by atoms with van der Waals surface area (Å²) in [5.74, 6) is 0.323. The molecular formula is C8H16FNO. The maximum Gasteiger partial charge on any atom is 0.0976 e. The van der Waals surface area contributed by atoms with Crippen molar-refractivity contribution in [3.63, 3.8) is 0 Å². The topological polar surface area (TPSA) is 35.2 Å². The lowest BCUT2D eigenvalue weighted by Crippen LogP contribution is -2.40. The van der Waals surface area contributed by atoms with E-state index in [-0.39, 0.29) is 6.04 Å². The van der Waals surface area contributed by atoms with Crippen LogP contribution in [0, 0.1) is 5.92 Å². The molecule has 11 heavy (non-hydrogen) atoms.